The number of ether oxygens (including phenoxy) is 1. The third-order valence-corrected chi connectivity index (χ3v) is 3.69. The minimum absolute atomic E-state index is 0.0866. The molecular weight excluding hydrogens is 322 g/mol. The summed E-state index contributed by atoms with van der Waals surface area (Å²) in [7, 11) is 1.42. The average molecular weight is 337 g/mol. The van der Waals surface area contributed by atoms with Crippen LogP contribution in [0.15, 0.2) is 60.7 Å². The van der Waals surface area contributed by atoms with Gasteiger partial charge < -0.3 is 15.4 Å². The summed E-state index contributed by atoms with van der Waals surface area (Å²) in [6, 6.07) is 16.8. The Hall–Kier alpha value is -3.61. The molecule has 2 amide bonds. The Morgan fingerprint density at radius 1 is 1.00 bits per heavy atom. The molecule has 0 saturated heterocycles. The van der Waals surface area contributed by atoms with E-state index in [0.717, 1.165) is 10.8 Å². The van der Waals surface area contributed by atoms with E-state index >= 15 is 0 Å². The second-order valence-corrected chi connectivity index (χ2v) is 5.25. The van der Waals surface area contributed by atoms with Gasteiger partial charge in [-0.15, -0.1) is 0 Å². The van der Waals surface area contributed by atoms with Crippen molar-refractivity contribution in [1.82, 2.24) is 0 Å². The number of amides is 2. The minimum atomic E-state index is -0.573. The topological polar surface area (TPSA) is 93.5 Å². The molecule has 0 unspecified atom stereocenters. The lowest BCUT2D eigenvalue weighted by molar-refractivity contribution is -0.384. The highest BCUT2D eigenvalue weighted by atomic mass is 16.6. The van der Waals surface area contributed by atoms with Crippen molar-refractivity contribution >= 4 is 33.9 Å². The molecule has 0 saturated carbocycles. The predicted octanol–water partition coefficient (Wildman–Crippen LogP) is 4.40. The van der Waals surface area contributed by atoms with Crippen LogP contribution in [-0.2, 0) is 0 Å². The number of nitro benzene ring substituents is 1. The fourth-order valence-corrected chi connectivity index (χ4v) is 2.51. The monoisotopic (exact) mass is 337 g/mol. The number of rotatable bonds is 4. The number of hydrogen-bond donors (Lipinski definition) is 2. The molecule has 0 fully saturated rings. The lowest BCUT2D eigenvalue weighted by Gasteiger charge is -2.11. The van der Waals surface area contributed by atoms with Crippen molar-refractivity contribution in [3.8, 4) is 5.75 Å². The van der Waals surface area contributed by atoms with E-state index in [-0.39, 0.29) is 11.4 Å². The number of fused-ring (bicyclic) bond motifs is 1. The first-order chi connectivity index (χ1) is 12.1. The van der Waals surface area contributed by atoms with Crippen LogP contribution in [0.3, 0.4) is 0 Å². The maximum atomic E-state index is 12.3. The van der Waals surface area contributed by atoms with E-state index in [1.807, 2.05) is 36.4 Å². The number of carbonyl (C=O) groups is 1. The number of methoxy groups -OCH3 is 1. The van der Waals surface area contributed by atoms with Crippen molar-refractivity contribution in [2.75, 3.05) is 17.7 Å². The third-order valence-electron chi connectivity index (χ3n) is 3.69. The number of hydrogen-bond acceptors (Lipinski definition) is 4. The number of nitro groups is 1. The van der Waals surface area contributed by atoms with Crippen molar-refractivity contribution in [3.05, 3.63) is 70.8 Å². The molecule has 25 heavy (non-hydrogen) atoms. The molecule has 0 bridgehead atoms. The van der Waals surface area contributed by atoms with Crippen molar-refractivity contribution in [2.24, 2.45) is 0 Å². The fourth-order valence-electron chi connectivity index (χ4n) is 2.51. The number of benzene rings is 3. The molecule has 126 valence electrons. The van der Waals surface area contributed by atoms with Crippen LogP contribution in [0.4, 0.5) is 21.9 Å². The van der Waals surface area contributed by atoms with E-state index in [1.54, 1.807) is 12.1 Å². The zero-order chi connectivity index (χ0) is 17.8. The largest absolute Gasteiger partial charge is 0.496 e. The van der Waals surface area contributed by atoms with Gasteiger partial charge in [-0.05, 0) is 23.6 Å². The van der Waals surface area contributed by atoms with Gasteiger partial charge in [0.15, 0.2) is 0 Å². The van der Waals surface area contributed by atoms with Gasteiger partial charge in [-0.3, -0.25) is 10.1 Å². The van der Waals surface area contributed by atoms with Crippen LogP contribution >= 0.6 is 0 Å². The van der Waals surface area contributed by atoms with Crippen LogP contribution < -0.4 is 15.4 Å². The van der Waals surface area contributed by atoms with E-state index in [0.29, 0.717) is 11.4 Å². The van der Waals surface area contributed by atoms with Gasteiger partial charge in [0.25, 0.3) is 5.69 Å². The van der Waals surface area contributed by atoms with Crippen LogP contribution in [0.2, 0.25) is 0 Å². The summed E-state index contributed by atoms with van der Waals surface area (Å²) < 4.78 is 4.98. The number of anilines is 2. The fraction of sp³-hybridized carbons (Fsp3) is 0.0556. The quantitative estimate of drug-likeness (QED) is 0.545. The first-order valence-corrected chi connectivity index (χ1v) is 7.46. The minimum Gasteiger partial charge on any atom is -0.496 e. The summed E-state index contributed by atoms with van der Waals surface area (Å²) in [5, 5.41) is 18.3. The summed E-state index contributed by atoms with van der Waals surface area (Å²) >= 11 is 0. The van der Waals surface area contributed by atoms with Crippen molar-refractivity contribution < 1.29 is 14.5 Å². The third kappa shape index (κ3) is 3.50. The molecule has 3 aromatic carbocycles. The van der Waals surface area contributed by atoms with Gasteiger partial charge >= 0.3 is 6.03 Å². The molecular formula is C18H15N3O4. The molecule has 7 heteroatoms. The Balaban J connectivity index is 1.84. The van der Waals surface area contributed by atoms with E-state index < -0.39 is 11.0 Å². The van der Waals surface area contributed by atoms with Crippen LogP contribution in [0.1, 0.15) is 0 Å². The van der Waals surface area contributed by atoms with E-state index in [2.05, 4.69) is 10.6 Å². The Morgan fingerprint density at radius 2 is 1.72 bits per heavy atom. The lowest BCUT2D eigenvalue weighted by atomic mass is 10.1. The van der Waals surface area contributed by atoms with Gasteiger partial charge in [0, 0.05) is 5.39 Å². The summed E-state index contributed by atoms with van der Waals surface area (Å²) in [4.78, 5) is 22.9. The summed E-state index contributed by atoms with van der Waals surface area (Å²) in [6.45, 7) is 0. The summed E-state index contributed by atoms with van der Waals surface area (Å²) in [5.41, 5.74) is 0.461. The highest BCUT2D eigenvalue weighted by Crippen LogP contribution is 2.29. The molecule has 0 heterocycles. The molecule has 0 aromatic heterocycles. The van der Waals surface area contributed by atoms with Crippen molar-refractivity contribution in [1.29, 1.82) is 0 Å². The SMILES string of the molecule is COc1ccc(NC(=O)Nc2cccc3ccccc23)c([N+](=O)[O-])c1. The van der Waals surface area contributed by atoms with E-state index in [9.17, 15) is 14.9 Å². The highest BCUT2D eigenvalue weighted by Gasteiger charge is 2.17. The molecule has 7 nitrogen and oxygen atoms in total. The molecule has 0 aliphatic carbocycles. The number of nitrogens with zero attached hydrogens (tertiary/aromatic N) is 1. The number of urea groups is 1. The van der Waals surface area contributed by atoms with Crippen molar-refractivity contribution in [3.63, 3.8) is 0 Å². The van der Waals surface area contributed by atoms with Gasteiger partial charge in [0.1, 0.15) is 11.4 Å². The number of carbonyl (C=O) groups excluding carboxylic acids is 1. The van der Waals surface area contributed by atoms with E-state index in [1.165, 1.54) is 19.2 Å². The zero-order valence-electron chi connectivity index (χ0n) is 13.4. The van der Waals surface area contributed by atoms with E-state index in [4.69, 9.17) is 4.74 Å². The van der Waals surface area contributed by atoms with Crippen LogP contribution in [-0.4, -0.2) is 18.1 Å². The van der Waals surface area contributed by atoms with Gasteiger partial charge in [-0.2, -0.15) is 0 Å². The smallest absolute Gasteiger partial charge is 0.323 e. The van der Waals surface area contributed by atoms with Gasteiger partial charge in [0.2, 0.25) is 0 Å². The van der Waals surface area contributed by atoms with Gasteiger partial charge in [-0.1, -0.05) is 36.4 Å². The standard InChI is InChI=1S/C18H15N3O4/c1-25-13-9-10-16(17(11-13)21(23)24)20-18(22)19-15-8-4-6-12-5-2-3-7-14(12)15/h2-11H,1H3,(H2,19,20,22). The molecule has 0 spiro atoms. The maximum Gasteiger partial charge on any atom is 0.323 e. The second kappa shape index (κ2) is 6.88. The molecule has 3 rings (SSSR count). The molecule has 0 atom stereocenters. The summed E-state index contributed by atoms with van der Waals surface area (Å²) in [6.07, 6.45) is 0. The Kier molecular flexibility index (Phi) is 4.47. The van der Waals surface area contributed by atoms with Gasteiger partial charge in [0.05, 0.1) is 23.8 Å². The van der Waals surface area contributed by atoms with Crippen molar-refractivity contribution in [2.45, 2.75) is 0 Å². The molecule has 2 N–H and O–H groups in total. The van der Waals surface area contributed by atoms with Crippen LogP contribution in [0.5, 0.6) is 5.75 Å². The molecule has 0 aliphatic heterocycles. The molecule has 0 aliphatic rings. The molecule has 0 radical (unpaired) electrons. The highest BCUT2D eigenvalue weighted by molar-refractivity contribution is 6.06. The Labute approximate surface area is 143 Å². The van der Waals surface area contributed by atoms with Crippen LogP contribution in [0, 0.1) is 10.1 Å². The first-order valence-electron chi connectivity index (χ1n) is 7.46. The predicted molar refractivity (Wildman–Crippen MR) is 96.2 cm³/mol. The zero-order valence-corrected chi connectivity index (χ0v) is 13.4. The number of nitrogens with one attached hydrogen (secondary N) is 2. The average Bonchev–Trinajstić information content (AvgIpc) is 2.62. The van der Waals surface area contributed by atoms with Gasteiger partial charge in [-0.25, -0.2) is 4.79 Å². The normalized spacial score (nSPS) is 10.3. The Bertz CT molecular complexity index is 951. The second-order valence-electron chi connectivity index (χ2n) is 5.25. The summed E-state index contributed by atoms with van der Waals surface area (Å²) in [5.74, 6) is 0.340. The van der Waals surface area contributed by atoms with Crippen LogP contribution in [0.25, 0.3) is 10.8 Å². The molecule has 3 aromatic rings. The Morgan fingerprint density at radius 3 is 2.48 bits per heavy atom. The first kappa shape index (κ1) is 16.3. The maximum absolute atomic E-state index is 12.3. The lowest BCUT2D eigenvalue weighted by Crippen LogP contribution is -2.20.